The number of rotatable bonds is 12. The van der Waals surface area contributed by atoms with Crippen molar-refractivity contribution in [1.82, 2.24) is 10.6 Å². The Bertz CT molecular complexity index is 1030. The first kappa shape index (κ1) is 25.1. The number of ketones is 2. The predicted molar refractivity (Wildman–Crippen MR) is 129 cm³/mol. The summed E-state index contributed by atoms with van der Waals surface area (Å²) >= 11 is 0. The van der Waals surface area contributed by atoms with Crippen molar-refractivity contribution in [2.45, 2.75) is 51.6 Å². The Morgan fingerprint density at radius 3 is 2.32 bits per heavy atom. The maximum absolute atomic E-state index is 13.3. The molecule has 2 atom stereocenters. The Labute approximate surface area is 200 Å². The van der Waals surface area contributed by atoms with E-state index in [4.69, 9.17) is 4.74 Å². The van der Waals surface area contributed by atoms with E-state index >= 15 is 0 Å². The Kier molecular flexibility index (Phi) is 8.57. The second kappa shape index (κ2) is 11.6. The minimum atomic E-state index is -0.802. The molecule has 2 N–H and O–H groups in total. The fourth-order valence-corrected chi connectivity index (χ4v) is 3.80. The van der Waals surface area contributed by atoms with Gasteiger partial charge in [-0.15, -0.1) is 0 Å². The van der Waals surface area contributed by atoms with Gasteiger partial charge in [0.15, 0.2) is 5.78 Å². The summed E-state index contributed by atoms with van der Waals surface area (Å²) in [6, 6.07) is 15.2. The largest absolute Gasteiger partial charge is 0.497 e. The molecule has 0 saturated heterocycles. The molecule has 34 heavy (non-hydrogen) atoms. The Hall–Kier alpha value is -3.48. The lowest BCUT2D eigenvalue weighted by Gasteiger charge is -2.24. The summed E-state index contributed by atoms with van der Waals surface area (Å²) in [7, 11) is 1.51. The van der Waals surface area contributed by atoms with Gasteiger partial charge in [-0.1, -0.05) is 50.2 Å². The van der Waals surface area contributed by atoms with Gasteiger partial charge in [0.25, 0.3) is 11.8 Å². The van der Waals surface area contributed by atoms with Gasteiger partial charge in [0.2, 0.25) is 5.78 Å². The number of hydrogen-bond donors (Lipinski definition) is 2. The first-order valence-electron chi connectivity index (χ1n) is 11.6. The molecule has 0 aromatic heterocycles. The van der Waals surface area contributed by atoms with E-state index in [2.05, 4.69) is 10.6 Å². The monoisotopic (exact) mass is 464 g/mol. The average Bonchev–Trinajstić information content (AvgIpc) is 3.65. The van der Waals surface area contributed by atoms with E-state index < -0.39 is 29.6 Å². The SMILES string of the molecule is COc1cccc(C(=O)NC(C(=O)CC(Cc2ccccc2)C(=O)C(=O)NC2CC2)C(C)C)c1. The van der Waals surface area contributed by atoms with Crippen LogP contribution in [0.25, 0.3) is 0 Å². The Morgan fingerprint density at radius 1 is 1.00 bits per heavy atom. The van der Waals surface area contributed by atoms with Crippen molar-refractivity contribution in [3.63, 3.8) is 0 Å². The number of carbonyl (C=O) groups excluding carboxylic acids is 4. The molecule has 1 aliphatic carbocycles. The smallest absolute Gasteiger partial charge is 0.287 e. The number of nitrogens with one attached hydrogen (secondary N) is 2. The van der Waals surface area contributed by atoms with Crippen LogP contribution < -0.4 is 15.4 Å². The molecule has 3 rings (SSSR count). The van der Waals surface area contributed by atoms with Crippen molar-refractivity contribution < 1.29 is 23.9 Å². The van der Waals surface area contributed by atoms with Gasteiger partial charge < -0.3 is 15.4 Å². The molecule has 1 fully saturated rings. The van der Waals surface area contributed by atoms with Crippen LogP contribution in [-0.2, 0) is 20.8 Å². The topological polar surface area (TPSA) is 102 Å². The zero-order valence-corrected chi connectivity index (χ0v) is 19.9. The number of ether oxygens (including phenoxy) is 1. The highest BCUT2D eigenvalue weighted by atomic mass is 16.5. The number of benzene rings is 2. The molecule has 7 heteroatoms. The molecule has 0 aliphatic heterocycles. The van der Waals surface area contributed by atoms with E-state index in [0.717, 1.165) is 18.4 Å². The third kappa shape index (κ3) is 7.01. The van der Waals surface area contributed by atoms with E-state index in [0.29, 0.717) is 11.3 Å². The van der Waals surface area contributed by atoms with Gasteiger partial charge in [-0.2, -0.15) is 0 Å². The van der Waals surface area contributed by atoms with Gasteiger partial charge in [0.1, 0.15) is 5.75 Å². The van der Waals surface area contributed by atoms with Crippen LogP contribution >= 0.6 is 0 Å². The molecule has 180 valence electrons. The van der Waals surface area contributed by atoms with Crippen molar-refractivity contribution in [2.75, 3.05) is 7.11 Å². The number of Topliss-reactive ketones (excluding diaryl/α,β-unsaturated/α-hetero) is 2. The zero-order chi connectivity index (χ0) is 24.7. The molecule has 7 nitrogen and oxygen atoms in total. The molecule has 1 saturated carbocycles. The van der Waals surface area contributed by atoms with Crippen LogP contribution in [0.3, 0.4) is 0 Å². The van der Waals surface area contributed by atoms with Gasteiger partial charge in [-0.3, -0.25) is 19.2 Å². The highest BCUT2D eigenvalue weighted by molar-refractivity contribution is 6.37. The fraction of sp³-hybridized carbons (Fsp3) is 0.407. The summed E-state index contributed by atoms with van der Waals surface area (Å²) in [5, 5.41) is 5.54. The highest BCUT2D eigenvalue weighted by Crippen LogP contribution is 2.21. The van der Waals surface area contributed by atoms with E-state index in [1.54, 1.807) is 24.3 Å². The average molecular weight is 465 g/mol. The fourth-order valence-electron chi connectivity index (χ4n) is 3.80. The molecule has 1 aliphatic rings. The number of carbonyl (C=O) groups is 4. The summed E-state index contributed by atoms with van der Waals surface area (Å²) in [5.41, 5.74) is 1.24. The van der Waals surface area contributed by atoms with E-state index in [1.165, 1.54) is 7.11 Å². The van der Waals surface area contributed by atoms with Crippen LogP contribution in [0.4, 0.5) is 0 Å². The molecule has 2 aromatic carbocycles. The standard InChI is InChI=1S/C27H32N2O5/c1-17(2)24(29-26(32)19-10-7-11-22(15-19)34-3)23(30)16-20(14-18-8-5-4-6-9-18)25(31)27(33)28-21-12-13-21/h4-11,15,17,20-21,24H,12-14,16H2,1-3H3,(H,28,33)(H,29,32). The van der Waals surface area contributed by atoms with Crippen molar-refractivity contribution in [3.05, 3.63) is 65.7 Å². The second-order valence-electron chi connectivity index (χ2n) is 9.10. The Balaban J connectivity index is 1.74. The molecular formula is C27H32N2O5. The molecule has 2 unspecified atom stereocenters. The van der Waals surface area contributed by atoms with E-state index in [-0.39, 0.29) is 30.6 Å². The normalized spacial score (nSPS) is 14.7. The molecule has 0 heterocycles. The van der Waals surface area contributed by atoms with Crippen molar-refractivity contribution >= 4 is 23.4 Å². The minimum Gasteiger partial charge on any atom is -0.497 e. The van der Waals surface area contributed by atoms with Crippen LogP contribution in [0.1, 0.15) is 49.0 Å². The van der Waals surface area contributed by atoms with Crippen molar-refractivity contribution in [1.29, 1.82) is 0 Å². The van der Waals surface area contributed by atoms with Crippen LogP contribution in [0.5, 0.6) is 5.75 Å². The second-order valence-corrected chi connectivity index (χ2v) is 9.10. The first-order chi connectivity index (χ1) is 16.3. The number of methoxy groups -OCH3 is 1. The van der Waals surface area contributed by atoms with Crippen LogP contribution in [0, 0.1) is 11.8 Å². The summed E-state index contributed by atoms with van der Waals surface area (Å²) in [5.74, 6) is -2.37. The molecule has 0 spiro atoms. The quantitative estimate of drug-likeness (QED) is 0.470. The Morgan fingerprint density at radius 2 is 1.71 bits per heavy atom. The molecule has 0 bridgehead atoms. The maximum Gasteiger partial charge on any atom is 0.287 e. The molecular weight excluding hydrogens is 432 g/mol. The summed E-state index contributed by atoms with van der Waals surface area (Å²) in [6.07, 6.45) is 1.88. The third-order valence-electron chi connectivity index (χ3n) is 5.91. The summed E-state index contributed by atoms with van der Waals surface area (Å²) < 4.78 is 5.17. The van der Waals surface area contributed by atoms with Crippen LogP contribution in [0.15, 0.2) is 54.6 Å². The van der Waals surface area contributed by atoms with Gasteiger partial charge in [-0.25, -0.2) is 0 Å². The molecule has 0 radical (unpaired) electrons. The number of amides is 2. The zero-order valence-electron chi connectivity index (χ0n) is 19.9. The van der Waals surface area contributed by atoms with Crippen molar-refractivity contribution in [2.24, 2.45) is 11.8 Å². The maximum atomic E-state index is 13.3. The lowest BCUT2D eigenvalue weighted by atomic mass is 9.86. The summed E-state index contributed by atoms with van der Waals surface area (Å²) in [4.78, 5) is 51.6. The first-order valence-corrected chi connectivity index (χ1v) is 11.6. The minimum absolute atomic E-state index is 0.0510. The van der Waals surface area contributed by atoms with Gasteiger partial charge >= 0.3 is 0 Å². The lowest BCUT2D eigenvalue weighted by Crippen LogP contribution is -2.46. The molecule has 2 aromatic rings. The molecule has 2 amide bonds. The number of hydrogen-bond acceptors (Lipinski definition) is 5. The third-order valence-corrected chi connectivity index (χ3v) is 5.91. The lowest BCUT2D eigenvalue weighted by molar-refractivity contribution is -0.141. The van der Waals surface area contributed by atoms with Gasteiger partial charge in [0, 0.05) is 23.9 Å². The van der Waals surface area contributed by atoms with E-state index in [1.807, 2.05) is 44.2 Å². The predicted octanol–water partition coefficient (Wildman–Crippen LogP) is 3.12. The van der Waals surface area contributed by atoms with Gasteiger partial charge in [0.05, 0.1) is 13.2 Å². The summed E-state index contributed by atoms with van der Waals surface area (Å²) in [6.45, 7) is 3.67. The van der Waals surface area contributed by atoms with Crippen molar-refractivity contribution in [3.8, 4) is 5.75 Å². The van der Waals surface area contributed by atoms with E-state index in [9.17, 15) is 19.2 Å². The van der Waals surface area contributed by atoms with Gasteiger partial charge in [-0.05, 0) is 48.9 Å². The highest BCUT2D eigenvalue weighted by Gasteiger charge is 2.34. The van der Waals surface area contributed by atoms with Crippen LogP contribution in [-0.4, -0.2) is 42.6 Å². The van der Waals surface area contributed by atoms with Crippen LogP contribution in [0.2, 0.25) is 0 Å².